The Hall–Kier alpha value is -0.470. The Morgan fingerprint density at radius 2 is 1.76 bits per heavy atom. The first-order valence-corrected chi connectivity index (χ1v) is 7.63. The van der Waals surface area contributed by atoms with Crippen molar-refractivity contribution in [1.29, 1.82) is 0 Å². The topological polar surface area (TPSA) is 3.24 Å². The van der Waals surface area contributed by atoms with Gasteiger partial charge < -0.3 is 4.90 Å². The lowest BCUT2D eigenvalue weighted by atomic mass is 10.1. The van der Waals surface area contributed by atoms with Crippen LogP contribution in [0.15, 0.2) is 34.1 Å². The number of hydrogen-bond acceptors (Lipinski definition) is 2. The lowest BCUT2D eigenvalue weighted by molar-refractivity contribution is 0.170. The Morgan fingerprint density at radius 3 is 2.12 bits per heavy atom. The van der Waals surface area contributed by atoms with Gasteiger partial charge >= 0.3 is 0 Å². The molecule has 3 aliphatic rings. The van der Waals surface area contributed by atoms with Gasteiger partial charge in [-0.05, 0) is 57.5 Å². The third kappa shape index (κ3) is 3.75. The molecule has 0 N–H and O–H groups in total. The molecule has 1 fully saturated rings. The smallest absolute Gasteiger partial charge is 0.0133 e. The minimum Gasteiger partial charge on any atom is -0.301 e. The second-order valence-corrected chi connectivity index (χ2v) is 6.08. The van der Waals surface area contributed by atoms with Crippen LogP contribution in [0.2, 0.25) is 0 Å². The average molecular weight is 249 g/mol. The van der Waals surface area contributed by atoms with E-state index >= 15 is 0 Å². The number of hydrogen-bond donors (Lipinski definition) is 0. The highest BCUT2D eigenvalue weighted by Gasteiger charge is 2.14. The summed E-state index contributed by atoms with van der Waals surface area (Å²) in [7, 11) is 0. The maximum atomic E-state index is 2.61. The quantitative estimate of drug-likeness (QED) is 0.775. The van der Waals surface area contributed by atoms with E-state index in [4.69, 9.17) is 0 Å². The van der Waals surface area contributed by atoms with Gasteiger partial charge in [0.15, 0.2) is 0 Å². The van der Waals surface area contributed by atoms with Gasteiger partial charge in [-0.15, -0.1) is 0 Å². The molecular formula is C15H23NS. The van der Waals surface area contributed by atoms with Crippen molar-refractivity contribution >= 4 is 11.8 Å². The van der Waals surface area contributed by atoms with Gasteiger partial charge in [0.1, 0.15) is 0 Å². The van der Waals surface area contributed by atoms with Crippen LogP contribution in [0.1, 0.15) is 39.5 Å². The molecule has 3 heterocycles. The van der Waals surface area contributed by atoms with E-state index in [-0.39, 0.29) is 0 Å². The maximum absolute atomic E-state index is 2.61. The highest BCUT2D eigenvalue weighted by Crippen LogP contribution is 2.37. The lowest BCUT2D eigenvalue weighted by Crippen LogP contribution is -2.36. The molecule has 0 spiro atoms. The van der Waals surface area contributed by atoms with Gasteiger partial charge in [0.2, 0.25) is 0 Å². The predicted octanol–water partition coefficient (Wildman–Crippen LogP) is 4.42. The molecular weight excluding hydrogens is 226 g/mol. The first-order valence-electron chi connectivity index (χ1n) is 6.81. The van der Waals surface area contributed by atoms with Crippen LogP contribution in [0.4, 0.5) is 0 Å². The lowest BCUT2D eigenvalue weighted by Gasteiger charge is -2.31. The third-order valence-corrected chi connectivity index (χ3v) is 4.63. The van der Waals surface area contributed by atoms with Crippen LogP contribution >= 0.6 is 11.8 Å². The largest absolute Gasteiger partial charge is 0.301 e. The van der Waals surface area contributed by atoms with Crippen molar-refractivity contribution in [3.63, 3.8) is 0 Å². The van der Waals surface area contributed by atoms with Crippen molar-refractivity contribution in [2.75, 3.05) is 13.1 Å². The van der Waals surface area contributed by atoms with Crippen molar-refractivity contribution in [3.05, 3.63) is 24.3 Å². The van der Waals surface area contributed by atoms with Crippen LogP contribution in [-0.4, -0.2) is 24.0 Å². The molecule has 1 aromatic carbocycles. The van der Waals surface area contributed by atoms with E-state index in [1.54, 1.807) is 0 Å². The molecule has 2 heteroatoms. The molecule has 3 aliphatic heterocycles. The molecule has 0 saturated carbocycles. The summed E-state index contributed by atoms with van der Waals surface area (Å²) in [5, 5.41) is 0. The minimum atomic E-state index is 0.820. The number of likely N-dealkylation sites (tertiary alicyclic amines) is 1. The van der Waals surface area contributed by atoms with Crippen LogP contribution in [0, 0.1) is 0 Å². The second-order valence-electron chi connectivity index (χ2n) is 4.93. The Kier molecular flexibility index (Phi) is 4.93. The summed E-state index contributed by atoms with van der Waals surface area (Å²) in [4.78, 5) is 5.42. The fraction of sp³-hybridized carbons (Fsp3) is 0.600. The number of fused-ring (bicyclic) bond motifs is 2. The van der Waals surface area contributed by atoms with Gasteiger partial charge in [-0.1, -0.05) is 31.2 Å². The van der Waals surface area contributed by atoms with Crippen molar-refractivity contribution in [2.24, 2.45) is 0 Å². The SMILES string of the molecule is CCC(C)N1CCCCC1.c1cc2cc(c1)S2. The summed E-state index contributed by atoms with van der Waals surface area (Å²) in [6.45, 7) is 7.30. The average Bonchev–Trinajstić information content (AvgIpc) is 2.40. The zero-order valence-electron chi connectivity index (χ0n) is 11.0. The van der Waals surface area contributed by atoms with Crippen LogP contribution in [0.3, 0.4) is 0 Å². The first kappa shape index (κ1) is 13.0. The number of benzene rings is 1. The van der Waals surface area contributed by atoms with E-state index in [0.717, 1.165) is 6.04 Å². The molecule has 0 amide bonds. The summed E-state index contributed by atoms with van der Waals surface area (Å²) in [5.74, 6) is 0. The Morgan fingerprint density at radius 1 is 1.18 bits per heavy atom. The van der Waals surface area contributed by atoms with Crippen molar-refractivity contribution in [3.8, 4) is 0 Å². The van der Waals surface area contributed by atoms with Gasteiger partial charge in [-0.25, -0.2) is 0 Å². The molecule has 0 aromatic heterocycles. The Balaban J connectivity index is 0.000000134. The molecule has 17 heavy (non-hydrogen) atoms. The summed E-state index contributed by atoms with van der Waals surface area (Å²) in [6.07, 6.45) is 5.60. The van der Waals surface area contributed by atoms with Crippen LogP contribution < -0.4 is 0 Å². The monoisotopic (exact) mass is 249 g/mol. The second kappa shape index (κ2) is 6.46. The molecule has 94 valence electrons. The first-order chi connectivity index (χ1) is 8.29. The van der Waals surface area contributed by atoms with Crippen LogP contribution in [0.5, 0.6) is 0 Å². The molecule has 4 rings (SSSR count). The zero-order chi connectivity index (χ0) is 12.1. The van der Waals surface area contributed by atoms with Gasteiger partial charge in [-0.2, -0.15) is 0 Å². The van der Waals surface area contributed by atoms with Crippen molar-refractivity contribution in [1.82, 2.24) is 4.90 Å². The van der Waals surface area contributed by atoms with E-state index in [2.05, 4.69) is 43.0 Å². The molecule has 1 aromatic rings. The Bertz CT molecular complexity index is 320. The van der Waals surface area contributed by atoms with Crippen LogP contribution in [-0.2, 0) is 0 Å². The van der Waals surface area contributed by atoms with Gasteiger partial charge in [0.05, 0.1) is 0 Å². The normalized spacial score (nSPS) is 19.9. The molecule has 1 nitrogen and oxygen atoms in total. The van der Waals surface area contributed by atoms with Gasteiger partial charge in [0, 0.05) is 15.8 Å². The predicted molar refractivity (Wildman–Crippen MR) is 75.7 cm³/mol. The fourth-order valence-electron chi connectivity index (χ4n) is 2.30. The summed E-state index contributed by atoms with van der Waals surface area (Å²) in [5.41, 5.74) is 0. The zero-order valence-corrected chi connectivity index (χ0v) is 11.8. The minimum absolute atomic E-state index is 0.820. The number of nitrogens with zero attached hydrogens (tertiary/aromatic N) is 1. The Labute approximate surface area is 110 Å². The number of piperidine rings is 1. The van der Waals surface area contributed by atoms with E-state index in [1.165, 1.54) is 48.6 Å². The molecule has 0 radical (unpaired) electrons. The fourth-order valence-corrected chi connectivity index (χ4v) is 3.05. The molecule has 1 atom stereocenters. The standard InChI is InChI=1S/C9H19N.C6H4S/c1-3-9(2)10-7-5-4-6-8-10;1-2-5-4-6(3-1)7-5/h9H,3-8H2,1-2H3;1-4H. The van der Waals surface area contributed by atoms with Gasteiger partial charge in [-0.3, -0.25) is 0 Å². The van der Waals surface area contributed by atoms with E-state index in [0.29, 0.717) is 0 Å². The van der Waals surface area contributed by atoms with Crippen molar-refractivity contribution < 1.29 is 0 Å². The highest BCUT2D eigenvalue weighted by molar-refractivity contribution is 8.00. The third-order valence-electron chi connectivity index (χ3n) is 3.65. The molecule has 0 aliphatic carbocycles. The van der Waals surface area contributed by atoms with E-state index in [9.17, 15) is 0 Å². The van der Waals surface area contributed by atoms with Crippen LogP contribution in [0.25, 0.3) is 0 Å². The van der Waals surface area contributed by atoms with Crippen molar-refractivity contribution in [2.45, 2.75) is 55.4 Å². The summed E-state index contributed by atoms with van der Waals surface area (Å²) < 4.78 is 0. The molecule has 1 saturated heterocycles. The van der Waals surface area contributed by atoms with Gasteiger partial charge in [0.25, 0.3) is 0 Å². The number of rotatable bonds is 2. The van der Waals surface area contributed by atoms with E-state index in [1.807, 2.05) is 11.8 Å². The molecule has 1 unspecified atom stereocenters. The molecule has 2 bridgehead atoms. The summed E-state index contributed by atoms with van der Waals surface area (Å²) >= 11 is 1.85. The highest BCUT2D eigenvalue weighted by atomic mass is 32.2. The summed E-state index contributed by atoms with van der Waals surface area (Å²) in [6, 6.07) is 9.33. The van der Waals surface area contributed by atoms with E-state index < -0.39 is 0 Å². The maximum Gasteiger partial charge on any atom is 0.0133 e.